The number of rotatable bonds is 5. The van der Waals surface area contributed by atoms with Crippen molar-refractivity contribution in [1.29, 1.82) is 0 Å². The van der Waals surface area contributed by atoms with Crippen LogP contribution >= 0.6 is 11.6 Å². The van der Waals surface area contributed by atoms with E-state index in [1.165, 1.54) is 0 Å². The van der Waals surface area contributed by atoms with Gasteiger partial charge in [0.05, 0.1) is 7.05 Å². The maximum Gasteiger partial charge on any atom is 0.277 e. The lowest BCUT2D eigenvalue weighted by Crippen LogP contribution is -3.12. The molecular weight excluding hydrogens is 288 g/mol. The van der Waals surface area contributed by atoms with Gasteiger partial charge in [0.25, 0.3) is 5.91 Å². The largest absolute Gasteiger partial charge is 0.455 e. The van der Waals surface area contributed by atoms with E-state index in [0.29, 0.717) is 11.6 Å². The lowest BCUT2D eigenvalue weighted by molar-refractivity contribution is -0.909. The molecule has 21 heavy (non-hydrogen) atoms. The minimum atomic E-state index is -0.126. The van der Waals surface area contributed by atoms with Crippen LogP contribution in [0.4, 0.5) is 0 Å². The number of carbonyl (C=O) groups excluding carboxylic acids is 1. The molecule has 4 nitrogen and oxygen atoms in total. The highest BCUT2D eigenvalue weighted by atomic mass is 35.5. The molecule has 0 aliphatic carbocycles. The monoisotopic (exact) mass is 307 g/mol. The summed E-state index contributed by atoms with van der Waals surface area (Å²) in [5.74, 6) is 1.69. The fraction of sp³-hybridized carbons (Fsp3) is 0.312. The van der Waals surface area contributed by atoms with Gasteiger partial charge in [-0.1, -0.05) is 11.6 Å². The minimum Gasteiger partial charge on any atom is -0.455 e. The number of hydrogen-bond donors (Lipinski definition) is 2. The third kappa shape index (κ3) is 3.86. The fourth-order valence-electron chi connectivity index (χ4n) is 2.11. The van der Waals surface area contributed by atoms with E-state index in [9.17, 15) is 4.79 Å². The number of benzene rings is 1. The molecule has 0 fully saturated rings. The number of quaternary nitrogens is 1. The summed E-state index contributed by atoms with van der Waals surface area (Å²) < 4.78 is 5.85. The summed E-state index contributed by atoms with van der Waals surface area (Å²) in [5.41, 5.74) is 0.989. The summed E-state index contributed by atoms with van der Waals surface area (Å²) in [6.07, 6.45) is 0. The van der Waals surface area contributed by atoms with Crippen LogP contribution in [0.5, 0.6) is 0 Å². The summed E-state index contributed by atoms with van der Waals surface area (Å²) in [4.78, 5) is 12.7. The Labute approximate surface area is 129 Å². The zero-order valence-corrected chi connectivity index (χ0v) is 13.2. The van der Waals surface area contributed by atoms with E-state index < -0.39 is 0 Å². The summed E-state index contributed by atoms with van der Waals surface area (Å²) in [6.45, 7) is 2.55. The summed E-state index contributed by atoms with van der Waals surface area (Å²) in [5, 5.41) is 3.37. The Morgan fingerprint density at radius 1 is 1.29 bits per heavy atom. The summed E-state index contributed by atoms with van der Waals surface area (Å²) in [6, 6.07) is 11.3. The molecule has 1 unspecified atom stereocenters. The number of hydrogen-bond acceptors (Lipinski definition) is 2. The van der Waals surface area contributed by atoms with Gasteiger partial charge in [0.15, 0.2) is 11.8 Å². The average molecular weight is 308 g/mol. The van der Waals surface area contributed by atoms with Gasteiger partial charge >= 0.3 is 0 Å². The summed E-state index contributed by atoms with van der Waals surface area (Å²) >= 11 is 5.88. The number of likely N-dealkylation sites (N-methyl/N-ethyl adjacent to an activating group) is 2. The highest BCUT2D eigenvalue weighted by Gasteiger charge is 2.21. The van der Waals surface area contributed by atoms with Gasteiger partial charge in [-0.2, -0.15) is 0 Å². The minimum absolute atomic E-state index is 0.0250. The molecule has 2 rings (SSSR count). The first-order valence-corrected chi connectivity index (χ1v) is 7.27. The number of amides is 1. The smallest absolute Gasteiger partial charge is 0.277 e. The van der Waals surface area contributed by atoms with Crippen LogP contribution in [0, 0.1) is 0 Å². The van der Waals surface area contributed by atoms with E-state index in [0.717, 1.165) is 22.0 Å². The first kappa shape index (κ1) is 15.6. The van der Waals surface area contributed by atoms with Crippen molar-refractivity contribution in [2.45, 2.75) is 19.5 Å². The molecule has 0 radical (unpaired) electrons. The predicted octanol–water partition coefficient (Wildman–Crippen LogP) is 1.75. The van der Waals surface area contributed by atoms with Gasteiger partial charge in [-0.3, -0.25) is 4.79 Å². The Kier molecular flexibility index (Phi) is 5.04. The molecule has 1 amide bonds. The third-order valence-corrected chi connectivity index (χ3v) is 3.87. The zero-order chi connectivity index (χ0) is 15.4. The first-order valence-electron chi connectivity index (χ1n) is 6.90. The van der Waals surface area contributed by atoms with Gasteiger partial charge in [0.2, 0.25) is 0 Å². The van der Waals surface area contributed by atoms with Crippen LogP contribution in [0.2, 0.25) is 5.02 Å². The molecule has 5 heteroatoms. The van der Waals surface area contributed by atoms with Crippen molar-refractivity contribution in [3.8, 4) is 11.3 Å². The quantitative estimate of drug-likeness (QED) is 0.884. The van der Waals surface area contributed by atoms with Crippen LogP contribution in [-0.2, 0) is 11.3 Å². The molecule has 2 aromatic rings. The van der Waals surface area contributed by atoms with Gasteiger partial charge in [0, 0.05) is 17.6 Å². The Morgan fingerprint density at radius 2 is 1.95 bits per heavy atom. The zero-order valence-electron chi connectivity index (χ0n) is 12.4. The van der Waals surface area contributed by atoms with Gasteiger partial charge in [-0.15, -0.1) is 0 Å². The third-order valence-electron chi connectivity index (χ3n) is 3.62. The number of halogens is 1. The van der Waals surface area contributed by atoms with Gasteiger partial charge in [-0.05, 0) is 43.3 Å². The maximum atomic E-state index is 11.6. The standard InChI is InChI=1S/C16H19ClN2O2/c1-11(16(20)18-2)19(3)10-14-8-9-15(21-14)12-4-6-13(17)7-5-12/h4-9,11H,10H2,1-3H3,(H,18,20)/p+1/t11-/m1/s1. The number of furan rings is 1. The lowest BCUT2D eigenvalue weighted by atomic mass is 10.2. The van der Waals surface area contributed by atoms with E-state index in [1.807, 2.05) is 50.4 Å². The Balaban J connectivity index is 2.06. The number of nitrogens with one attached hydrogen (secondary N) is 2. The fourth-order valence-corrected chi connectivity index (χ4v) is 2.24. The molecule has 0 bridgehead atoms. The summed E-state index contributed by atoms with van der Waals surface area (Å²) in [7, 11) is 3.63. The molecule has 0 spiro atoms. The van der Waals surface area contributed by atoms with Crippen molar-refractivity contribution in [2.24, 2.45) is 0 Å². The van der Waals surface area contributed by atoms with E-state index in [-0.39, 0.29) is 11.9 Å². The Morgan fingerprint density at radius 3 is 2.57 bits per heavy atom. The molecule has 1 aromatic carbocycles. The highest BCUT2D eigenvalue weighted by Crippen LogP contribution is 2.23. The second-order valence-corrected chi connectivity index (χ2v) is 5.57. The van der Waals surface area contributed by atoms with Gasteiger partial charge < -0.3 is 14.6 Å². The van der Waals surface area contributed by atoms with Crippen molar-refractivity contribution >= 4 is 17.5 Å². The SMILES string of the molecule is CNC(=O)[C@@H](C)[NH+](C)Cc1ccc(-c2ccc(Cl)cc2)o1. The molecule has 0 saturated carbocycles. The normalized spacial score (nSPS) is 13.7. The Bertz CT molecular complexity index is 607. The predicted molar refractivity (Wildman–Crippen MR) is 83.3 cm³/mol. The molecule has 2 atom stereocenters. The van der Waals surface area contributed by atoms with Crippen molar-refractivity contribution in [3.63, 3.8) is 0 Å². The second kappa shape index (κ2) is 6.78. The van der Waals surface area contributed by atoms with Gasteiger partial charge in [-0.25, -0.2) is 0 Å². The molecule has 112 valence electrons. The van der Waals surface area contributed by atoms with Crippen molar-refractivity contribution in [3.05, 3.63) is 47.2 Å². The molecular formula is C16H20ClN2O2+. The highest BCUT2D eigenvalue weighted by molar-refractivity contribution is 6.30. The van der Waals surface area contributed by atoms with E-state index in [1.54, 1.807) is 7.05 Å². The number of carbonyl (C=O) groups is 1. The molecule has 0 saturated heterocycles. The average Bonchev–Trinajstić information content (AvgIpc) is 2.94. The van der Waals surface area contributed by atoms with E-state index in [2.05, 4.69) is 5.32 Å². The van der Waals surface area contributed by atoms with Crippen LogP contribution in [0.15, 0.2) is 40.8 Å². The molecule has 2 N–H and O–H groups in total. The molecule has 0 aliphatic rings. The topological polar surface area (TPSA) is 46.7 Å². The van der Waals surface area contributed by atoms with Crippen LogP contribution in [0.1, 0.15) is 12.7 Å². The van der Waals surface area contributed by atoms with Crippen molar-refractivity contribution in [1.82, 2.24) is 5.32 Å². The maximum absolute atomic E-state index is 11.6. The van der Waals surface area contributed by atoms with Crippen molar-refractivity contribution < 1.29 is 14.1 Å². The van der Waals surface area contributed by atoms with Crippen LogP contribution in [-0.4, -0.2) is 26.0 Å². The van der Waals surface area contributed by atoms with E-state index >= 15 is 0 Å². The Hall–Kier alpha value is -1.78. The molecule has 1 heterocycles. The van der Waals surface area contributed by atoms with Crippen molar-refractivity contribution in [2.75, 3.05) is 14.1 Å². The molecule has 1 aromatic heterocycles. The lowest BCUT2D eigenvalue weighted by Gasteiger charge is -2.19. The molecule has 0 aliphatic heterocycles. The van der Waals surface area contributed by atoms with Gasteiger partial charge in [0.1, 0.15) is 12.3 Å². The van der Waals surface area contributed by atoms with Crippen LogP contribution in [0.25, 0.3) is 11.3 Å². The van der Waals surface area contributed by atoms with Crippen LogP contribution < -0.4 is 10.2 Å². The van der Waals surface area contributed by atoms with E-state index in [4.69, 9.17) is 16.0 Å². The van der Waals surface area contributed by atoms with Crippen LogP contribution in [0.3, 0.4) is 0 Å². The first-order chi connectivity index (χ1) is 10.0. The second-order valence-electron chi connectivity index (χ2n) is 5.13.